The fourth-order valence-electron chi connectivity index (χ4n) is 2.36. The summed E-state index contributed by atoms with van der Waals surface area (Å²) in [5.41, 5.74) is 0.681. The molecule has 7 nitrogen and oxygen atoms in total. The lowest BCUT2D eigenvalue weighted by atomic mass is 10.2. The highest BCUT2D eigenvalue weighted by atomic mass is 35.5. The zero-order valence-electron chi connectivity index (χ0n) is 13.0. The van der Waals surface area contributed by atoms with Crippen LogP contribution >= 0.6 is 11.6 Å². The van der Waals surface area contributed by atoms with Crippen LogP contribution in [-0.2, 0) is 20.8 Å². The zero-order valence-corrected chi connectivity index (χ0v) is 13.8. The Balaban J connectivity index is 1.43. The highest BCUT2D eigenvalue weighted by Crippen LogP contribution is 2.24. The van der Waals surface area contributed by atoms with E-state index in [-0.39, 0.29) is 25.2 Å². The van der Waals surface area contributed by atoms with Crippen LogP contribution in [0.25, 0.3) is 11.4 Å². The van der Waals surface area contributed by atoms with Crippen LogP contribution in [0.4, 0.5) is 0 Å². The van der Waals surface area contributed by atoms with E-state index in [0.29, 0.717) is 28.9 Å². The van der Waals surface area contributed by atoms with Gasteiger partial charge in [0.05, 0.1) is 24.3 Å². The van der Waals surface area contributed by atoms with E-state index in [9.17, 15) is 4.79 Å². The molecule has 1 aliphatic heterocycles. The second-order valence-electron chi connectivity index (χ2n) is 5.42. The third-order valence-corrected chi connectivity index (χ3v) is 3.91. The van der Waals surface area contributed by atoms with Gasteiger partial charge in [-0.3, -0.25) is 4.79 Å². The van der Waals surface area contributed by atoms with Gasteiger partial charge in [0, 0.05) is 12.2 Å². The van der Waals surface area contributed by atoms with E-state index in [1.54, 1.807) is 12.1 Å². The van der Waals surface area contributed by atoms with Crippen molar-refractivity contribution in [2.45, 2.75) is 25.5 Å². The molecule has 0 aliphatic carbocycles. The van der Waals surface area contributed by atoms with Gasteiger partial charge >= 0.3 is 0 Å². The molecule has 1 fully saturated rings. The molecule has 2 aromatic rings. The highest BCUT2D eigenvalue weighted by molar-refractivity contribution is 6.33. The molecule has 1 amide bonds. The summed E-state index contributed by atoms with van der Waals surface area (Å²) in [6, 6.07) is 7.21. The van der Waals surface area contributed by atoms with Gasteiger partial charge in [0.1, 0.15) is 6.61 Å². The Morgan fingerprint density at radius 3 is 3.08 bits per heavy atom. The number of carbonyl (C=O) groups excluding carboxylic acids is 1. The minimum absolute atomic E-state index is 0.0225. The summed E-state index contributed by atoms with van der Waals surface area (Å²) in [6.45, 7) is 1.32. The van der Waals surface area contributed by atoms with Crippen molar-refractivity contribution in [1.82, 2.24) is 15.5 Å². The number of rotatable bonds is 7. The highest BCUT2D eigenvalue weighted by Gasteiger charge is 2.16. The van der Waals surface area contributed by atoms with Crippen LogP contribution < -0.4 is 5.32 Å². The first-order chi connectivity index (χ1) is 11.7. The fourth-order valence-corrected chi connectivity index (χ4v) is 2.58. The van der Waals surface area contributed by atoms with E-state index < -0.39 is 0 Å². The molecule has 0 bridgehead atoms. The summed E-state index contributed by atoms with van der Waals surface area (Å²) in [5, 5.41) is 7.08. The third kappa shape index (κ3) is 4.53. The van der Waals surface area contributed by atoms with Crippen molar-refractivity contribution in [2.75, 3.05) is 19.8 Å². The quantitative estimate of drug-likeness (QED) is 0.823. The molecule has 1 aromatic carbocycles. The first-order valence-corrected chi connectivity index (χ1v) is 8.13. The molecule has 128 valence electrons. The number of halogens is 1. The van der Waals surface area contributed by atoms with Crippen molar-refractivity contribution >= 4 is 17.5 Å². The Morgan fingerprint density at radius 2 is 2.29 bits per heavy atom. The van der Waals surface area contributed by atoms with Gasteiger partial charge in [0.15, 0.2) is 0 Å². The molecule has 3 rings (SSSR count). The lowest BCUT2D eigenvalue weighted by molar-refractivity contribution is -0.127. The lowest BCUT2D eigenvalue weighted by Gasteiger charge is -2.09. The second-order valence-corrected chi connectivity index (χ2v) is 5.83. The number of aromatic nitrogens is 2. The van der Waals surface area contributed by atoms with E-state index >= 15 is 0 Å². The number of nitrogens with zero attached hydrogens (tertiary/aromatic N) is 2. The minimum atomic E-state index is -0.245. The number of benzene rings is 1. The lowest BCUT2D eigenvalue weighted by Crippen LogP contribution is -2.28. The van der Waals surface area contributed by atoms with Crippen LogP contribution in [0.1, 0.15) is 18.7 Å². The average molecular weight is 352 g/mol. The second kappa shape index (κ2) is 8.23. The molecular weight excluding hydrogens is 334 g/mol. The van der Waals surface area contributed by atoms with Gasteiger partial charge in [-0.25, -0.2) is 0 Å². The van der Waals surface area contributed by atoms with Crippen LogP contribution in [-0.4, -0.2) is 42.0 Å². The SMILES string of the molecule is O=C(COCC1CCCO1)NCc1nc(-c2ccccc2Cl)no1. The van der Waals surface area contributed by atoms with Crippen LogP contribution in [0, 0.1) is 0 Å². The molecule has 1 unspecified atom stereocenters. The van der Waals surface area contributed by atoms with Gasteiger partial charge in [-0.15, -0.1) is 0 Å². The molecule has 24 heavy (non-hydrogen) atoms. The average Bonchev–Trinajstić information content (AvgIpc) is 3.25. The predicted octanol–water partition coefficient (Wildman–Crippen LogP) is 2.20. The summed E-state index contributed by atoms with van der Waals surface area (Å²) in [5.74, 6) is 0.447. The van der Waals surface area contributed by atoms with E-state index in [4.69, 9.17) is 25.6 Å². The van der Waals surface area contributed by atoms with Crippen LogP contribution in [0.5, 0.6) is 0 Å². The Morgan fingerprint density at radius 1 is 1.42 bits per heavy atom. The molecular formula is C16H18ClN3O4. The Kier molecular flexibility index (Phi) is 5.79. The fraction of sp³-hybridized carbons (Fsp3) is 0.438. The normalized spacial score (nSPS) is 17.1. The Bertz CT molecular complexity index is 685. The van der Waals surface area contributed by atoms with Crippen LogP contribution in [0.2, 0.25) is 5.02 Å². The van der Waals surface area contributed by atoms with E-state index in [2.05, 4.69) is 15.5 Å². The number of nitrogens with one attached hydrogen (secondary N) is 1. The molecule has 1 N–H and O–H groups in total. The Labute approximate surface area is 144 Å². The molecule has 1 aliphatic rings. The third-order valence-electron chi connectivity index (χ3n) is 3.58. The summed E-state index contributed by atoms with van der Waals surface area (Å²) in [6.07, 6.45) is 2.13. The number of hydrogen-bond acceptors (Lipinski definition) is 6. The molecule has 1 aromatic heterocycles. The van der Waals surface area contributed by atoms with Crippen molar-refractivity contribution in [3.05, 3.63) is 35.2 Å². The monoisotopic (exact) mass is 351 g/mol. The van der Waals surface area contributed by atoms with Crippen LogP contribution in [0.3, 0.4) is 0 Å². The van der Waals surface area contributed by atoms with E-state index in [1.165, 1.54) is 0 Å². The maximum Gasteiger partial charge on any atom is 0.246 e. The van der Waals surface area contributed by atoms with Crippen molar-refractivity contribution in [3.63, 3.8) is 0 Å². The van der Waals surface area contributed by atoms with Crippen LogP contribution in [0.15, 0.2) is 28.8 Å². The van der Waals surface area contributed by atoms with Crippen molar-refractivity contribution in [1.29, 1.82) is 0 Å². The standard InChI is InChI=1S/C16H18ClN3O4/c17-13-6-2-1-5-12(13)16-19-15(24-20-16)8-18-14(21)10-22-9-11-4-3-7-23-11/h1-2,5-6,11H,3-4,7-10H2,(H,18,21). The minimum Gasteiger partial charge on any atom is -0.376 e. The largest absolute Gasteiger partial charge is 0.376 e. The number of amides is 1. The maximum absolute atomic E-state index is 11.7. The Hall–Kier alpha value is -1.96. The van der Waals surface area contributed by atoms with Crippen molar-refractivity contribution < 1.29 is 18.8 Å². The number of hydrogen-bond donors (Lipinski definition) is 1. The van der Waals surface area contributed by atoms with Gasteiger partial charge in [0.2, 0.25) is 17.6 Å². The summed E-state index contributed by atoms with van der Waals surface area (Å²) >= 11 is 6.09. The number of carbonyl (C=O) groups is 1. The molecule has 8 heteroatoms. The molecule has 2 heterocycles. The van der Waals surface area contributed by atoms with Crippen molar-refractivity contribution in [2.24, 2.45) is 0 Å². The number of ether oxygens (including phenoxy) is 2. The first kappa shape index (κ1) is 16.9. The molecule has 0 radical (unpaired) electrons. The summed E-state index contributed by atoms with van der Waals surface area (Å²) in [4.78, 5) is 16.0. The molecule has 1 saturated heterocycles. The van der Waals surface area contributed by atoms with E-state index in [1.807, 2.05) is 12.1 Å². The van der Waals surface area contributed by atoms with E-state index in [0.717, 1.165) is 19.4 Å². The topological polar surface area (TPSA) is 86.5 Å². The molecule has 0 saturated carbocycles. The molecule has 1 atom stereocenters. The van der Waals surface area contributed by atoms with Gasteiger partial charge in [0.25, 0.3) is 0 Å². The van der Waals surface area contributed by atoms with Crippen molar-refractivity contribution in [3.8, 4) is 11.4 Å². The predicted molar refractivity (Wildman–Crippen MR) is 86.4 cm³/mol. The smallest absolute Gasteiger partial charge is 0.246 e. The first-order valence-electron chi connectivity index (χ1n) is 7.76. The molecule has 0 spiro atoms. The van der Waals surface area contributed by atoms with Gasteiger partial charge in [-0.1, -0.05) is 28.9 Å². The maximum atomic E-state index is 11.7. The zero-order chi connectivity index (χ0) is 16.8. The van der Waals surface area contributed by atoms with Gasteiger partial charge in [-0.05, 0) is 25.0 Å². The summed E-state index contributed by atoms with van der Waals surface area (Å²) in [7, 11) is 0. The van der Waals surface area contributed by atoms with Gasteiger partial charge in [-0.2, -0.15) is 4.98 Å². The van der Waals surface area contributed by atoms with Gasteiger partial charge < -0.3 is 19.3 Å². The summed E-state index contributed by atoms with van der Waals surface area (Å²) < 4.78 is 15.9.